The standard InChI is InChI=1S/C20H14FN3O2S/c1-9-6-11-7-15-16(26-20(25)22-15)8-13(11)17(24-23-9)18-10(2)12-4-3-5-14(21)19(12)27-18/h3-5,7-8H,6H2,1-2H3,(H,22,25). The lowest BCUT2D eigenvalue weighted by Gasteiger charge is -2.08. The molecule has 134 valence electrons. The molecule has 1 aliphatic heterocycles. The second kappa shape index (κ2) is 5.72. The molecule has 7 heteroatoms. The van der Waals surface area contributed by atoms with Crippen molar-refractivity contribution in [1.82, 2.24) is 4.98 Å². The zero-order chi connectivity index (χ0) is 18.7. The summed E-state index contributed by atoms with van der Waals surface area (Å²) in [5.74, 6) is -0.734. The summed E-state index contributed by atoms with van der Waals surface area (Å²) in [5, 5.41) is 9.69. The predicted octanol–water partition coefficient (Wildman–Crippen LogP) is 4.55. The number of hydrogen-bond donors (Lipinski definition) is 1. The summed E-state index contributed by atoms with van der Waals surface area (Å²) >= 11 is 1.37. The van der Waals surface area contributed by atoms with Gasteiger partial charge < -0.3 is 4.42 Å². The van der Waals surface area contributed by atoms with Crippen LogP contribution < -0.4 is 5.76 Å². The maximum Gasteiger partial charge on any atom is 0.417 e. The van der Waals surface area contributed by atoms with E-state index in [-0.39, 0.29) is 5.82 Å². The number of aromatic nitrogens is 1. The number of aryl methyl sites for hydroxylation is 1. The molecule has 0 spiro atoms. The molecule has 0 unspecified atom stereocenters. The summed E-state index contributed by atoms with van der Waals surface area (Å²) in [6, 6.07) is 8.80. The summed E-state index contributed by atoms with van der Waals surface area (Å²) in [5.41, 5.74) is 5.45. The van der Waals surface area contributed by atoms with Crippen molar-refractivity contribution in [3.8, 4) is 0 Å². The summed E-state index contributed by atoms with van der Waals surface area (Å²) in [4.78, 5) is 15.1. The fourth-order valence-corrected chi connectivity index (χ4v) is 4.72. The number of halogens is 1. The van der Waals surface area contributed by atoms with Gasteiger partial charge in [-0.3, -0.25) is 4.98 Å². The molecule has 0 bridgehead atoms. The molecule has 0 saturated carbocycles. The first-order chi connectivity index (χ1) is 13.0. The van der Waals surface area contributed by atoms with Gasteiger partial charge in [-0.05, 0) is 48.6 Å². The number of fused-ring (bicyclic) bond motifs is 3. The molecule has 2 aromatic carbocycles. The molecule has 4 aromatic rings. The van der Waals surface area contributed by atoms with Crippen molar-refractivity contribution in [2.45, 2.75) is 20.3 Å². The first-order valence-corrected chi connectivity index (χ1v) is 9.28. The highest BCUT2D eigenvalue weighted by Crippen LogP contribution is 2.36. The van der Waals surface area contributed by atoms with Gasteiger partial charge in [-0.15, -0.1) is 16.4 Å². The van der Waals surface area contributed by atoms with Crippen molar-refractivity contribution < 1.29 is 8.81 Å². The van der Waals surface area contributed by atoms with Crippen molar-refractivity contribution in [3.05, 3.63) is 68.3 Å². The molecule has 1 aliphatic rings. The van der Waals surface area contributed by atoms with E-state index in [1.165, 1.54) is 17.4 Å². The number of hydrogen-bond acceptors (Lipinski definition) is 5. The van der Waals surface area contributed by atoms with Gasteiger partial charge in [-0.1, -0.05) is 12.1 Å². The number of nitrogens with zero attached hydrogens (tertiary/aromatic N) is 2. The number of H-pyrrole nitrogens is 1. The van der Waals surface area contributed by atoms with Gasteiger partial charge in [0, 0.05) is 17.7 Å². The van der Waals surface area contributed by atoms with Crippen LogP contribution in [0, 0.1) is 12.7 Å². The van der Waals surface area contributed by atoms with Crippen LogP contribution in [0.25, 0.3) is 21.2 Å². The van der Waals surface area contributed by atoms with Gasteiger partial charge in [-0.2, -0.15) is 5.10 Å². The van der Waals surface area contributed by atoms with E-state index >= 15 is 0 Å². The largest absolute Gasteiger partial charge is 0.417 e. The van der Waals surface area contributed by atoms with E-state index in [9.17, 15) is 9.18 Å². The highest BCUT2D eigenvalue weighted by Gasteiger charge is 2.23. The van der Waals surface area contributed by atoms with Crippen molar-refractivity contribution in [1.29, 1.82) is 0 Å². The van der Waals surface area contributed by atoms with Crippen LogP contribution in [0.15, 0.2) is 49.7 Å². The van der Waals surface area contributed by atoms with E-state index in [0.29, 0.717) is 27.9 Å². The number of thiophene rings is 1. The van der Waals surface area contributed by atoms with E-state index in [1.807, 2.05) is 32.0 Å². The minimum Gasteiger partial charge on any atom is -0.408 e. The number of nitrogens with one attached hydrogen (secondary N) is 1. The van der Waals surface area contributed by atoms with E-state index in [4.69, 9.17) is 4.42 Å². The third-order valence-corrected chi connectivity index (χ3v) is 6.12. The van der Waals surface area contributed by atoms with Crippen molar-refractivity contribution in [3.63, 3.8) is 0 Å². The highest BCUT2D eigenvalue weighted by atomic mass is 32.1. The summed E-state index contributed by atoms with van der Waals surface area (Å²) < 4.78 is 20.1. The second-order valence-corrected chi connectivity index (χ2v) is 7.67. The van der Waals surface area contributed by atoms with Gasteiger partial charge in [0.2, 0.25) is 0 Å². The Morgan fingerprint density at radius 2 is 2.07 bits per heavy atom. The van der Waals surface area contributed by atoms with Crippen LogP contribution in [0.1, 0.15) is 28.5 Å². The number of benzene rings is 2. The van der Waals surface area contributed by atoms with Crippen molar-refractivity contribution >= 4 is 43.9 Å². The lowest BCUT2D eigenvalue weighted by atomic mass is 9.96. The molecule has 5 rings (SSSR count). The summed E-state index contributed by atoms with van der Waals surface area (Å²) in [6.07, 6.45) is 0.615. The van der Waals surface area contributed by atoms with Gasteiger partial charge >= 0.3 is 5.76 Å². The topological polar surface area (TPSA) is 70.7 Å². The Labute approximate surface area is 156 Å². The normalized spacial score (nSPS) is 14.2. The number of rotatable bonds is 1. The Hall–Kier alpha value is -3.06. The average molecular weight is 379 g/mol. The first kappa shape index (κ1) is 16.1. The molecule has 0 atom stereocenters. The van der Waals surface area contributed by atoms with Crippen LogP contribution in [0.5, 0.6) is 0 Å². The van der Waals surface area contributed by atoms with E-state index in [1.54, 1.807) is 6.07 Å². The maximum atomic E-state index is 14.3. The minimum atomic E-state index is -0.492. The molecule has 0 aliphatic carbocycles. The van der Waals surface area contributed by atoms with E-state index in [0.717, 1.165) is 32.7 Å². The molecule has 1 N–H and O–H groups in total. The van der Waals surface area contributed by atoms with Crippen LogP contribution in [-0.4, -0.2) is 16.4 Å². The van der Waals surface area contributed by atoms with Crippen LogP contribution in [0.3, 0.4) is 0 Å². The Bertz CT molecular complexity index is 1360. The lowest BCUT2D eigenvalue weighted by molar-refractivity contribution is 0.555. The Kier molecular flexibility index (Phi) is 3.42. The fourth-order valence-electron chi connectivity index (χ4n) is 3.51. The Morgan fingerprint density at radius 3 is 2.89 bits per heavy atom. The van der Waals surface area contributed by atoms with Crippen LogP contribution in [0.4, 0.5) is 4.39 Å². The van der Waals surface area contributed by atoms with Crippen molar-refractivity contribution in [2.24, 2.45) is 10.2 Å². The monoisotopic (exact) mass is 379 g/mol. The highest BCUT2D eigenvalue weighted by molar-refractivity contribution is 7.21. The SMILES string of the molecule is CC1=NN=C(c2sc3c(F)cccc3c2C)c2cc3oc(=O)[nH]c3cc2C1. The van der Waals surface area contributed by atoms with Crippen molar-refractivity contribution in [2.75, 3.05) is 0 Å². The van der Waals surface area contributed by atoms with Crippen LogP contribution in [0.2, 0.25) is 0 Å². The average Bonchev–Trinajstić information content (AvgIpc) is 3.10. The van der Waals surface area contributed by atoms with Gasteiger partial charge in [0.05, 0.1) is 15.1 Å². The Balaban J connectivity index is 1.82. The molecule has 0 amide bonds. The van der Waals surface area contributed by atoms with Crippen LogP contribution >= 0.6 is 11.3 Å². The lowest BCUT2D eigenvalue weighted by Crippen LogP contribution is -2.06. The van der Waals surface area contributed by atoms with Gasteiger partial charge in [0.1, 0.15) is 11.5 Å². The molecule has 3 heterocycles. The van der Waals surface area contributed by atoms with E-state index < -0.39 is 5.76 Å². The maximum absolute atomic E-state index is 14.3. The summed E-state index contributed by atoms with van der Waals surface area (Å²) in [7, 11) is 0. The minimum absolute atomic E-state index is 0.243. The smallest absolute Gasteiger partial charge is 0.408 e. The zero-order valence-corrected chi connectivity index (χ0v) is 15.4. The van der Waals surface area contributed by atoms with Gasteiger partial charge in [0.15, 0.2) is 5.58 Å². The Morgan fingerprint density at radius 1 is 1.22 bits per heavy atom. The molecular formula is C20H14FN3O2S. The quantitative estimate of drug-likeness (QED) is 0.527. The molecule has 0 saturated heterocycles. The third kappa shape index (κ3) is 2.46. The number of aromatic amines is 1. The zero-order valence-electron chi connectivity index (χ0n) is 14.6. The predicted molar refractivity (Wildman–Crippen MR) is 106 cm³/mol. The number of oxazole rings is 1. The molecule has 27 heavy (non-hydrogen) atoms. The van der Waals surface area contributed by atoms with Gasteiger partial charge in [0.25, 0.3) is 0 Å². The molecular weight excluding hydrogens is 365 g/mol. The third-order valence-electron chi connectivity index (χ3n) is 4.80. The molecule has 0 radical (unpaired) electrons. The second-order valence-electron chi connectivity index (χ2n) is 6.65. The molecule has 0 fully saturated rings. The summed E-state index contributed by atoms with van der Waals surface area (Å²) in [6.45, 7) is 3.88. The molecule has 5 nitrogen and oxygen atoms in total. The van der Waals surface area contributed by atoms with E-state index in [2.05, 4.69) is 15.2 Å². The first-order valence-electron chi connectivity index (χ1n) is 8.46. The van der Waals surface area contributed by atoms with Gasteiger partial charge in [-0.25, -0.2) is 9.18 Å². The molecule has 2 aromatic heterocycles. The van der Waals surface area contributed by atoms with Crippen LogP contribution in [-0.2, 0) is 6.42 Å². The fraction of sp³-hybridized carbons (Fsp3) is 0.150.